The van der Waals surface area contributed by atoms with E-state index in [4.69, 9.17) is 17.3 Å². The number of likely N-dealkylation sites (tertiary alicyclic amines) is 1. The third kappa shape index (κ3) is 5.33. The van der Waals surface area contributed by atoms with Crippen molar-refractivity contribution < 1.29 is 9.59 Å². The van der Waals surface area contributed by atoms with Crippen LogP contribution in [0.2, 0.25) is 5.02 Å². The Labute approximate surface area is 251 Å². The van der Waals surface area contributed by atoms with E-state index in [-0.39, 0.29) is 17.9 Å². The molecule has 1 aliphatic heterocycles. The van der Waals surface area contributed by atoms with Crippen molar-refractivity contribution >= 4 is 23.4 Å². The smallest absolute Gasteiger partial charge is 0.253 e. The number of carbonyl (C=O) groups excluding carboxylic acids is 2. The van der Waals surface area contributed by atoms with Gasteiger partial charge in [0, 0.05) is 35.9 Å². The predicted molar refractivity (Wildman–Crippen MR) is 167 cm³/mol. The van der Waals surface area contributed by atoms with Crippen LogP contribution in [0.4, 0.5) is 0 Å². The fraction of sp³-hybridized carbons (Fsp3) is 0.286. The van der Waals surface area contributed by atoms with Gasteiger partial charge in [0.25, 0.3) is 5.91 Å². The number of rotatable bonds is 9. The van der Waals surface area contributed by atoms with Gasteiger partial charge in [0.05, 0.1) is 16.7 Å². The van der Waals surface area contributed by atoms with Gasteiger partial charge in [0.2, 0.25) is 5.91 Å². The van der Waals surface area contributed by atoms with Crippen LogP contribution in [0.25, 0.3) is 22.4 Å². The number of carbonyl (C=O) groups is 2. The SMILES string of the molecule is NC(=O)C1(CCCCN2CCC(NC(=O)c3cccnc3-c3ccc(Cl)cc3)CC2)c2ccccc2-c2ccccc21. The largest absolute Gasteiger partial charge is 0.369 e. The van der Waals surface area contributed by atoms with Crippen molar-refractivity contribution in [2.75, 3.05) is 19.6 Å². The highest BCUT2D eigenvalue weighted by Crippen LogP contribution is 2.51. The Morgan fingerprint density at radius 1 is 0.881 bits per heavy atom. The molecule has 2 amide bonds. The summed E-state index contributed by atoms with van der Waals surface area (Å²) in [7, 11) is 0. The van der Waals surface area contributed by atoms with Crippen LogP contribution in [0.3, 0.4) is 0 Å². The number of amides is 2. The standard InChI is InChI=1S/C35H35ClN4O2/c36-25-15-13-24(14-16-25)32-29(10-7-20-38-32)33(41)39-26-17-22-40(23-18-26)21-6-5-19-35(34(37)42)30-11-3-1-8-27(30)28-9-2-4-12-31(28)35/h1-4,7-16,20,26H,5-6,17-19,21-23H2,(H2,37,42)(H,39,41). The molecule has 4 aromatic rings. The van der Waals surface area contributed by atoms with Crippen LogP contribution in [0.5, 0.6) is 0 Å². The number of unbranched alkanes of at least 4 members (excludes halogenated alkanes) is 1. The summed E-state index contributed by atoms with van der Waals surface area (Å²) in [6.07, 6.45) is 6.08. The molecule has 1 fully saturated rings. The van der Waals surface area contributed by atoms with E-state index < -0.39 is 5.41 Å². The molecule has 214 valence electrons. The summed E-state index contributed by atoms with van der Waals surface area (Å²) in [5, 5.41) is 3.88. The number of aromatic nitrogens is 1. The van der Waals surface area contributed by atoms with E-state index >= 15 is 0 Å². The zero-order chi connectivity index (χ0) is 29.1. The van der Waals surface area contributed by atoms with E-state index in [1.165, 1.54) is 0 Å². The van der Waals surface area contributed by atoms with E-state index in [1.54, 1.807) is 12.3 Å². The van der Waals surface area contributed by atoms with Crippen LogP contribution in [-0.2, 0) is 10.2 Å². The number of nitrogens with one attached hydrogen (secondary N) is 1. The number of primary amides is 1. The third-order valence-corrected chi connectivity index (χ3v) is 9.11. The number of benzene rings is 3. The van der Waals surface area contributed by atoms with Crippen LogP contribution in [0.15, 0.2) is 91.1 Å². The Morgan fingerprint density at radius 3 is 2.17 bits per heavy atom. The molecule has 42 heavy (non-hydrogen) atoms. The minimum atomic E-state index is -0.776. The van der Waals surface area contributed by atoms with E-state index in [0.717, 1.165) is 73.1 Å². The van der Waals surface area contributed by atoms with Crippen molar-refractivity contribution in [1.29, 1.82) is 0 Å². The monoisotopic (exact) mass is 578 g/mol. The normalized spacial score (nSPS) is 16.0. The van der Waals surface area contributed by atoms with Crippen molar-refractivity contribution in [3.63, 3.8) is 0 Å². The number of pyridine rings is 1. The van der Waals surface area contributed by atoms with Gasteiger partial charge in [-0.15, -0.1) is 0 Å². The zero-order valence-corrected chi connectivity index (χ0v) is 24.3. The molecule has 2 heterocycles. The van der Waals surface area contributed by atoms with Crippen molar-refractivity contribution in [1.82, 2.24) is 15.2 Å². The molecule has 0 spiro atoms. The first-order valence-corrected chi connectivity index (χ1v) is 15.1. The summed E-state index contributed by atoms with van der Waals surface area (Å²) < 4.78 is 0. The van der Waals surface area contributed by atoms with Crippen LogP contribution in [-0.4, -0.2) is 47.4 Å². The zero-order valence-electron chi connectivity index (χ0n) is 23.6. The molecule has 1 aromatic heterocycles. The van der Waals surface area contributed by atoms with Crippen molar-refractivity contribution in [3.05, 3.63) is 113 Å². The molecule has 2 aliphatic rings. The Kier molecular flexibility index (Phi) is 8.09. The molecular weight excluding hydrogens is 544 g/mol. The summed E-state index contributed by atoms with van der Waals surface area (Å²) in [6.45, 7) is 2.81. The van der Waals surface area contributed by atoms with E-state index in [1.807, 2.05) is 54.6 Å². The summed E-state index contributed by atoms with van der Waals surface area (Å²) in [5.41, 5.74) is 11.7. The maximum absolute atomic E-state index is 13.2. The molecule has 1 aliphatic carbocycles. The Bertz CT molecular complexity index is 1550. The highest BCUT2D eigenvalue weighted by molar-refractivity contribution is 6.30. The highest BCUT2D eigenvalue weighted by atomic mass is 35.5. The number of hydrogen-bond acceptors (Lipinski definition) is 4. The second kappa shape index (κ2) is 12.1. The van der Waals surface area contributed by atoms with Gasteiger partial charge in [-0.3, -0.25) is 14.6 Å². The summed E-state index contributed by atoms with van der Waals surface area (Å²) in [4.78, 5) is 33.2. The number of piperidine rings is 1. The second-order valence-electron chi connectivity index (χ2n) is 11.3. The summed E-state index contributed by atoms with van der Waals surface area (Å²) in [6, 6.07) is 27.5. The number of fused-ring (bicyclic) bond motifs is 3. The second-order valence-corrected chi connectivity index (χ2v) is 11.8. The lowest BCUT2D eigenvalue weighted by Gasteiger charge is -2.33. The maximum atomic E-state index is 13.2. The minimum absolute atomic E-state index is 0.0969. The molecule has 0 atom stereocenters. The van der Waals surface area contributed by atoms with Crippen LogP contribution in [0, 0.1) is 0 Å². The molecule has 0 unspecified atom stereocenters. The summed E-state index contributed by atoms with van der Waals surface area (Å²) in [5.74, 6) is -0.371. The molecule has 0 bridgehead atoms. The van der Waals surface area contributed by atoms with Gasteiger partial charge in [0.1, 0.15) is 0 Å². The number of halogens is 1. The molecule has 7 heteroatoms. The van der Waals surface area contributed by atoms with E-state index in [2.05, 4.69) is 39.5 Å². The Hall–Kier alpha value is -4.00. The lowest BCUT2D eigenvalue weighted by atomic mass is 9.73. The Morgan fingerprint density at radius 2 is 1.52 bits per heavy atom. The number of nitrogens with two attached hydrogens (primary N) is 1. The van der Waals surface area contributed by atoms with Crippen LogP contribution in [0.1, 0.15) is 53.6 Å². The molecular formula is C35H35ClN4O2. The maximum Gasteiger partial charge on any atom is 0.253 e. The highest BCUT2D eigenvalue weighted by Gasteiger charge is 2.47. The average molecular weight is 579 g/mol. The lowest BCUT2D eigenvalue weighted by molar-refractivity contribution is -0.122. The average Bonchev–Trinajstić information content (AvgIpc) is 3.31. The lowest BCUT2D eigenvalue weighted by Crippen LogP contribution is -2.45. The van der Waals surface area contributed by atoms with Gasteiger partial charge in [-0.25, -0.2) is 0 Å². The fourth-order valence-corrected chi connectivity index (χ4v) is 6.83. The first-order valence-electron chi connectivity index (χ1n) is 14.7. The van der Waals surface area contributed by atoms with Crippen LogP contribution >= 0.6 is 11.6 Å². The fourth-order valence-electron chi connectivity index (χ4n) is 6.70. The van der Waals surface area contributed by atoms with Crippen LogP contribution < -0.4 is 11.1 Å². The minimum Gasteiger partial charge on any atom is -0.369 e. The van der Waals surface area contributed by atoms with E-state index in [0.29, 0.717) is 22.7 Å². The molecule has 0 radical (unpaired) electrons. The topological polar surface area (TPSA) is 88.3 Å². The van der Waals surface area contributed by atoms with Gasteiger partial charge < -0.3 is 16.0 Å². The van der Waals surface area contributed by atoms with Gasteiger partial charge in [-0.2, -0.15) is 0 Å². The quantitative estimate of drug-likeness (QED) is 0.231. The molecule has 3 N–H and O–H groups in total. The molecule has 3 aromatic carbocycles. The molecule has 6 rings (SSSR count). The van der Waals surface area contributed by atoms with Crippen molar-refractivity contribution in [2.24, 2.45) is 5.73 Å². The molecule has 1 saturated heterocycles. The van der Waals surface area contributed by atoms with E-state index in [9.17, 15) is 9.59 Å². The molecule has 6 nitrogen and oxygen atoms in total. The van der Waals surface area contributed by atoms with Crippen molar-refractivity contribution in [2.45, 2.75) is 43.6 Å². The van der Waals surface area contributed by atoms with Gasteiger partial charge in [-0.1, -0.05) is 78.7 Å². The number of nitrogens with zero attached hydrogens (tertiary/aromatic N) is 2. The first-order chi connectivity index (χ1) is 20.5. The van der Waals surface area contributed by atoms with Gasteiger partial charge >= 0.3 is 0 Å². The predicted octanol–water partition coefficient (Wildman–Crippen LogP) is 6.22. The van der Waals surface area contributed by atoms with Crippen molar-refractivity contribution in [3.8, 4) is 22.4 Å². The summed E-state index contributed by atoms with van der Waals surface area (Å²) >= 11 is 6.04. The first kappa shape index (κ1) is 28.1. The Balaban J connectivity index is 1.03. The van der Waals surface area contributed by atoms with Gasteiger partial charge in [-0.05, 0) is 78.7 Å². The molecule has 0 saturated carbocycles. The number of hydrogen-bond donors (Lipinski definition) is 2. The third-order valence-electron chi connectivity index (χ3n) is 8.85. The van der Waals surface area contributed by atoms with Gasteiger partial charge in [0.15, 0.2) is 0 Å².